The van der Waals surface area contributed by atoms with E-state index in [-0.39, 0.29) is 16.5 Å². The second-order valence-electron chi connectivity index (χ2n) is 3.98. The van der Waals surface area contributed by atoms with Crippen LogP contribution in [-0.4, -0.2) is 11.0 Å². The molecule has 4 nitrogen and oxygen atoms in total. The molecule has 1 heterocycles. The lowest BCUT2D eigenvalue weighted by atomic mass is 10.1. The predicted molar refractivity (Wildman–Crippen MR) is 73.3 cm³/mol. The van der Waals surface area contributed by atoms with Crippen molar-refractivity contribution in [2.24, 2.45) is 0 Å². The molecule has 0 aliphatic carbocycles. The number of aromatic nitrogens is 1. The van der Waals surface area contributed by atoms with Crippen LogP contribution in [0.3, 0.4) is 0 Å². The second kappa shape index (κ2) is 6.01. The van der Waals surface area contributed by atoms with E-state index in [1.54, 1.807) is 12.1 Å². The van der Waals surface area contributed by atoms with Gasteiger partial charge in [0.25, 0.3) is 0 Å². The molecule has 0 spiro atoms. The number of alkyl halides is 3. The fourth-order valence-corrected chi connectivity index (χ4v) is 1.74. The number of amides is 2. The zero-order valence-corrected chi connectivity index (χ0v) is 11.2. The maximum Gasteiger partial charge on any atom is 0.418 e. The Morgan fingerprint density at radius 2 is 1.90 bits per heavy atom. The molecule has 2 aromatic rings. The largest absolute Gasteiger partial charge is 0.418 e. The van der Waals surface area contributed by atoms with E-state index in [1.165, 1.54) is 18.3 Å². The number of nitrogens with zero attached hydrogens (tertiary/aromatic N) is 1. The van der Waals surface area contributed by atoms with Crippen LogP contribution in [0.1, 0.15) is 5.56 Å². The molecule has 1 aromatic heterocycles. The summed E-state index contributed by atoms with van der Waals surface area (Å²) in [7, 11) is 0. The minimum absolute atomic E-state index is 0.0713. The molecule has 0 unspecified atom stereocenters. The number of nitrogens with one attached hydrogen (secondary N) is 2. The maximum absolute atomic E-state index is 12.9. The summed E-state index contributed by atoms with van der Waals surface area (Å²) in [6, 6.07) is 7.04. The third-order valence-corrected chi connectivity index (χ3v) is 2.68. The van der Waals surface area contributed by atoms with Gasteiger partial charge in [0.1, 0.15) is 5.82 Å². The maximum atomic E-state index is 12.9. The van der Waals surface area contributed by atoms with E-state index < -0.39 is 17.8 Å². The van der Waals surface area contributed by atoms with Crippen LogP contribution in [0, 0.1) is 0 Å². The number of anilines is 2. The minimum atomic E-state index is -4.63. The molecule has 110 valence electrons. The molecule has 0 aliphatic rings. The van der Waals surface area contributed by atoms with Crippen molar-refractivity contribution in [2.45, 2.75) is 6.18 Å². The molecule has 0 bridgehead atoms. The van der Waals surface area contributed by atoms with Crippen LogP contribution in [-0.2, 0) is 6.18 Å². The quantitative estimate of drug-likeness (QED) is 0.863. The van der Waals surface area contributed by atoms with Gasteiger partial charge in [-0.05, 0) is 30.3 Å². The number of urea groups is 1. The summed E-state index contributed by atoms with van der Waals surface area (Å²) in [4.78, 5) is 15.5. The standard InChI is InChI=1S/C13H9ClF3N3O/c14-8-4-5-10(9(7-8)13(15,16)17)19-12(21)20-11-3-1-2-6-18-11/h1-7H,(H2,18,19,20,21). The molecule has 0 radical (unpaired) electrons. The van der Waals surface area contributed by atoms with E-state index in [0.29, 0.717) is 0 Å². The van der Waals surface area contributed by atoms with Gasteiger partial charge in [-0.1, -0.05) is 17.7 Å². The van der Waals surface area contributed by atoms with E-state index in [2.05, 4.69) is 15.6 Å². The highest BCUT2D eigenvalue weighted by atomic mass is 35.5. The first kappa shape index (κ1) is 15.1. The molecule has 2 amide bonds. The van der Waals surface area contributed by atoms with Gasteiger partial charge < -0.3 is 5.32 Å². The second-order valence-corrected chi connectivity index (χ2v) is 4.42. The highest BCUT2D eigenvalue weighted by Crippen LogP contribution is 2.36. The Bertz CT molecular complexity index is 647. The van der Waals surface area contributed by atoms with Gasteiger partial charge in [0, 0.05) is 11.2 Å². The van der Waals surface area contributed by atoms with E-state index in [9.17, 15) is 18.0 Å². The van der Waals surface area contributed by atoms with Crippen LogP contribution in [0.5, 0.6) is 0 Å². The Labute approximate surface area is 122 Å². The zero-order chi connectivity index (χ0) is 15.5. The van der Waals surface area contributed by atoms with Crippen LogP contribution < -0.4 is 10.6 Å². The SMILES string of the molecule is O=C(Nc1ccccn1)Nc1ccc(Cl)cc1C(F)(F)F. The first-order valence-electron chi connectivity index (χ1n) is 5.72. The topological polar surface area (TPSA) is 54.0 Å². The number of pyridine rings is 1. The van der Waals surface area contributed by atoms with Gasteiger partial charge in [-0.2, -0.15) is 13.2 Å². The van der Waals surface area contributed by atoms with Crippen molar-refractivity contribution < 1.29 is 18.0 Å². The van der Waals surface area contributed by atoms with Gasteiger partial charge in [-0.3, -0.25) is 5.32 Å². The van der Waals surface area contributed by atoms with Crippen LogP contribution in [0.15, 0.2) is 42.6 Å². The molecule has 2 rings (SSSR count). The molecule has 1 aromatic carbocycles. The zero-order valence-electron chi connectivity index (χ0n) is 10.4. The van der Waals surface area contributed by atoms with Crippen molar-refractivity contribution in [1.29, 1.82) is 0 Å². The number of hydrogen-bond donors (Lipinski definition) is 2. The Balaban J connectivity index is 2.18. The number of hydrogen-bond acceptors (Lipinski definition) is 2. The van der Waals surface area contributed by atoms with Crippen molar-refractivity contribution in [3.05, 3.63) is 53.2 Å². The number of halogens is 4. The number of carbonyl (C=O) groups is 1. The molecule has 0 saturated heterocycles. The Kier molecular flexibility index (Phi) is 4.32. The van der Waals surface area contributed by atoms with Gasteiger partial charge in [-0.25, -0.2) is 9.78 Å². The van der Waals surface area contributed by atoms with Crippen molar-refractivity contribution in [3.8, 4) is 0 Å². The van der Waals surface area contributed by atoms with Gasteiger partial charge in [0.15, 0.2) is 0 Å². The van der Waals surface area contributed by atoms with E-state index in [0.717, 1.165) is 12.1 Å². The average Bonchev–Trinajstić information content (AvgIpc) is 2.40. The van der Waals surface area contributed by atoms with Crippen molar-refractivity contribution >= 4 is 29.1 Å². The summed E-state index contributed by atoms with van der Waals surface area (Å²) >= 11 is 5.55. The molecule has 0 atom stereocenters. The smallest absolute Gasteiger partial charge is 0.307 e. The molecule has 0 saturated carbocycles. The van der Waals surface area contributed by atoms with Gasteiger partial charge in [-0.15, -0.1) is 0 Å². The minimum Gasteiger partial charge on any atom is -0.307 e. The summed E-state index contributed by atoms with van der Waals surface area (Å²) in [5.74, 6) is 0.220. The Morgan fingerprint density at radius 1 is 1.14 bits per heavy atom. The number of benzene rings is 1. The van der Waals surface area contributed by atoms with Crippen LogP contribution in [0.2, 0.25) is 5.02 Å². The van der Waals surface area contributed by atoms with Gasteiger partial charge >= 0.3 is 12.2 Å². The van der Waals surface area contributed by atoms with E-state index >= 15 is 0 Å². The number of rotatable bonds is 2. The third kappa shape index (κ3) is 4.09. The molecule has 21 heavy (non-hydrogen) atoms. The summed E-state index contributed by atoms with van der Waals surface area (Å²) in [5, 5.41) is 4.37. The predicted octanol–water partition coefficient (Wildman–Crippen LogP) is 4.40. The van der Waals surface area contributed by atoms with Crippen LogP contribution in [0.4, 0.5) is 29.5 Å². The monoisotopic (exact) mass is 315 g/mol. The highest BCUT2D eigenvalue weighted by molar-refractivity contribution is 6.30. The molecule has 8 heteroatoms. The molecule has 2 N–H and O–H groups in total. The fourth-order valence-electron chi connectivity index (χ4n) is 1.57. The third-order valence-electron chi connectivity index (χ3n) is 2.44. The molecule has 0 fully saturated rings. The van der Waals surface area contributed by atoms with Gasteiger partial charge in [0.2, 0.25) is 0 Å². The molecular formula is C13H9ClF3N3O. The number of carbonyl (C=O) groups excluding carboxylic acids is 1. The van der Waals surface area contributed by atoms with Crippen molar-refractivity contribution in [3.63, 3.8) is 0 Å². The average molecular weight is 316 g/mol. The van der Waals surface area contributed by atoms with Crippen LogP contribution in [0.25, 0.3) is 0 Å². The Morgan fingerprint density at radius 3 is 2.52 bits per heavy atom. The first-order valence-corrected chi connectivity index (χ1v) is 6.10. The normalized spacial score (nSPS) is 11.0. The van der Waals surface area contributed by atoms with Crippen molar-refractivity contribution in [1.82, 2.24) is 4.98 Å². The van der Waals surface area contributed by atoms with E-state index in [4.69, 9.17) is 11.6 Å². The Hall–Kier alpha value is -2.28. The molecule has 0 aliphatic heterocycles. The summed E-state index contributed by atoms with van der Waals surface area (Å²) < 4.78 is 38.6. The lowest BCUT2D eigenvalue weighted by Gasteiger charge is -2.14. The summed E-state index contributed by atoms with van der Waals surface area (Å²) in [6.07, 6.45) is -3.18. The van der Waals surface area contributed by atoms with Crippen molar-refractivity contribution in [2.75, 3.05) is 10.6 Å². The van der Waals surface area contributed by atoms with Gasteiger partial charge in [0.05, 0.1) is 11.3 Å². The lowest BCUT2D eigenvalue weighted by Crippen LogP contribution is -2.22. The summed E-state index contributed by atoms with van der Waals surface area (Å²) in [6.45, 7) is 0. The van der Waals surface area contributed by atoms with Crippen LogP contribution >= 0.6 is 11.6 Å². The highest BCUT2D eigenvalue weighted by Gasteiger charge is 2.34. The summed E-state index contributed by atoms with van der Waals surface area (Å²) in [5.41, 5.74) is -1.41. The lowest BCUT2D eigenvalue weighted by molar-refractivity contribution is -0.136. The molecular weight excluding hydrogens is 307 g/mol. The first-order chi connectivity index (χ1) is 9.86. The van der Waals surface area contributed by atoms with E-state index in [1.807, 2.05) is 0 Å². The fraction of sp³-hybridized carbons (Fsp3) is 0.0769.